The first-order valence-corrected chi connectivity index (χ1v) is 11.1. The zero-order chi connectivity index (χ0) is 19.8. The summed E-state index contributed by atoms with van der Waals surface area (Å²) >= 11 is 1.78. The summed E-state index contributed by atoms with van der Waals surface area (Å²) in [4.78, 5) is 3.79. The molecule has 1 N–H and O–H groups in total. The number of methoxy groups -OCH3 is 1. The summed E-state index contributed by atoms with van der Waals surface area (Å²) in [6.45, 7) is 1.60. The molecule has 0 spiro atoms. The molecule has 1 saturated heterocycles. The first-order chi connectivity index (χ1) is 14.2. The molecule has 0 amide bonds. The van der Waals surface area contributed by atoms with Gasteiger partial charge in [-0.2, -0.15) is 0 Å². The second-order valence-corrected chi connectivity index (χ2v) is 9.10. The van der Waals surface area contributed by atoms with E-state index in [1.807, 2.05) is 23.0 Å². The van der Waals surface area contributed by atoms with Gasteiger partial charge in [-0.3, -0.25) is 4.90 Å². The Bertz CT molecular complexity index is 936. The van der Waals surface area contributed by atoms with Crippen LogP contribution in [-0.2, 0) is 6.54 Å². The van der Waals surface area contributed by atoms with Crippen molar-refractivity contribution in [3.8, 4) is 5.75 Å². The molecule has 2 aromatic heterocycles. The van der Waals surface area contributed by atoms with Crippen LogP contribution in [0.25, 0.3) is 0 Å². The number of rotatable bonds is 6. The smallest absolute Gasteiger partial charge is 0.118 e. The summed E-state index contributed by atoms with van der Waals surface area (Å²) in [5, 5.41) is 21.9. The Kier molecular flexibility index (Phi) is 5.11. The van der Waals surface area contributed by atoms with Crippen molar-refractivity contribution in [3.63, 3.8) is 0 Å². The lowest BCUT2D eigenvalue weighted by Gasteiger charge is -2.42. The number of aliphatic hydroxyl groups excluding tert-OH is 1. The van der Waals surface area contributed by atoms with Gasteiger partial charge in [0.1, 0.15) is 5.75 Å². The molecular weight excluding hydrogens is 384 g/mol. The van der Waals surface area contributed by atoms with Gasteiger partial charge in [0.25, 0.3) is 0 Å². The molecule has 1 aliphatic carbocycles. The van der Waals surface area contributed by atoms with Crippen molar-refractivity contribution < 1.29 is 9.84 Å². The molecule has 1 saturated carbocycles. The fourth-order valence-corrected chi connectivity index (χ4v) is 4.98. The van der Waals surface area contributed by atoms with E-state index >= 15 is 0 Å². The third kappa shape index (κ3) is 3.95. The van der Waals surface area contributed by atoms with Crippen LogP contribution in [0.5, 0.6) is 5.75 Å². The number of aliphatic hydroxyl groups is 1. The van der Waals surface area contributed by atoms with E-state index in [1.165, 1.54) is 23.3 Å². The third-order valence-electron chi connectivity index (χ3n) is 6.07. The fourth-order valence-electron chi connectivity index (χ4n) is 4.25. The van der Waals surface area contributed by atoms with Crippen LogP contribution in [0.1, 0.15) is 53.4 Å². The average molecular weight is 411 g/mol. The summed E-state index contributed by atoms with van der Waals surface area (Å²) < 4.78 is 7.20. The molecule has 152 valence electrons. The lowest BCUT2D eigenvalue weighted by Crippen LogP contribution is -2.45. The minimum Gasteiger partial charge on any atom is -0.497 e. The van der Waals surface area contributed by atoms with Crippen molar-refractivity contribution in [2.45, 2.75) is 49.9 Å². The largest absolute Gasteiger partial charge is 0.497 e. The summed E-state index contributed by atoms with van der Waals surface area (Å²) in [5.41, 5.74) is 2.27. The number of ether oxygens (including phenoxy) is 1. The highest BCUT2D eigenvalue weighted by atomic mass is 32.1. The highest BCUT2D eigenvalue weighted by Gasteiger charge is 2.38. The van der Waals surface area contributed by atoms with Gasteiger partial charge in [-0.25, -0.2) is 4.68 Å². The van der Waals surface area contributed by atoms with Crippen LogP contribution in [-0.4, -0.2) is 44.8 Å². The molecule has 2 fully saturated rings. The number of likely N-dealkylation sites (tertiary alicyclic amines) is 1. The van der Waals surface area contributed by atoms with Gasteiger partial charge in [-0.05, 0) is 48.4 Å². The van der Waals surface area contributed by atoms with Crippen molar-refractivity contribution in [1.82, 2.24) is 19.9 Å². The highest BCUT2D eigenvalue weighted by molar-refractivity contribution is 7.09. The number of aromatic nitrogens is 3. The van der Waals surface area contributed by atoms with E-state index in [-0.39, 0.29) is 12.1 Å². The van der Waals surface area contributed by atoms with Crippen LogP contribution in [0.15, 0.2) is 48.0 Å². The number of benzene rings is 1. The molecular formula is C22H26N4O2S. The Labute approximate surface area is 174 Å². The van der Waals surface area contributed by atoms with Gasteiger partial charge in [0, 0.05) is 36.1 Å². The molecule has 7 heteroatoms. The molecule has 1 aromatic carbocycles. The van der Waals surface area contributed by atoms with Gasteiger partial charge in [0.2, 0.25) is 0 Å². The predicted molar refractivity (Wildman–Crippen MR) is 112 cm³/mol. The fraction of sp³-hybridized carbons (Fsp3) is 0.455. The molecule has 6 nitrogen and oxygen atoms in total. The maximum absolute atomic E-state index is 11.0. The molecule has 0 bridgehead atoms. The summed E-state index contributed by atoms with van der Waals surface area (Å²) in [6.07, 6.45) is 4.66. The molecule has 0 unspecified atom stereocenters. The molecule has 1 aliphatic heterocycles. The summed E-state index contributed by atoms with van der Waals surface area (Å²) in [5.74, 6) is 1.42. The Balaban J connectivity index is 1.41. The van der Waals surface area contributed by atoms with Crippen LogP contribution in [0.4, 0.5) is 0 Å². The monoisotopic (exact) mass is 410 g/mol. The van der Waals surface area contributed by atoms with Gasteiger partial charge >= 0.3 is 0 Å². The van der Waals surface area contributed by atoms with E-state index < -0.39 is 6.10 Å². The predicted octanol–water partition coefficient (Wildman–Crippen LogP) is 3.77. The third-order valence-corrected chi connectivity index (χ3v) is 6.94. The zero-order valence-electron chi connectivity index (χ0n) is 16.5. The molecule has 5 rings (SSSR count). The van der Waals surface area contributed by atoms with E-state index in [2.05, 4.69) is 44.9 Å². The number of hydrogen-bond acceptors (Lipinski definition) is 6. The highest BCUT2D eigenvalue weighted by Crippen LogP contribution is 2.40. The number of hydrogen-bond donors (Lipinski definition) is 1. The van der Waals surface area contributed by atoms with E-state index in [9.17, 15) is 5.11 Å². The number of thiophene rings is 1. The maximum Gasteiger partial charge on any atom is 0.118 e. The van der Waals surface area contributed by atoms with Gasteiger partial charge in [0.15, 0.2) is 0 Å². The maximum atomic E-state index is 11.0. The topological polar surface area (TPSA) is 63.4 Å². The summed E-state index contributed by atoms with van der Waals surface area (Å²) in [7, 11) is 1.68. The molecule has 0 radical (unpaired) electrons. The molecule has 3 atom stereocenters. The van der Waals surface area contributed by atoms with Crippen LogP contribution in [0, 0.1) is 0 Å². The Morgan fingerprint density at radius 1 is 1.21 bits per heavy atom. The van der Waals surface area contributed by atoms with Gasteiger partial charge in [0.05, 0.1) is 24.9 Å². The van der Waals surface area contributed by atoms with Crippen LogP contribution < -0.4 is 4.74 Å². The van der Waals surface area contributed by atoms with Crippen LogP contribution in [0.3, 0.4) is 0 Å². The van der Waals surface area contributed by atoms with Gasteiger partial charge < -0.3 is 9.84 Å². The van der Waals surface area contributed by atoms with Crippen molar-refractivity contribution in [2.75, 3.05) is 13.7 Å². The molecule has 3 heterocycles. The zero-order valence-corrected chi connectivity index (χ0v) is 17.3. The number of nitrogens with zero attached hydrogens (tertiary/aromatic N) is 4. The van der Waals surface area contributed by atoms with Gasteiger partial charge in [-0.1, -0.05) is 23.4 Å². The van der Waals surface area contributed by atoms with Crippen LogP contribution >= 0.6 is 11.3 Å². The minimum atomic E-state index is -0.463. The Morgan fingerprint density at radius 3 is 2.72 bits per heavy atom. The quantitative estimate of drug-likeness (QED) is 0.670. The summed E-state index contributed by atoms with van der Waals surface area (Å²) in [6, 6.07) is 12.6. The SMILES string of the molecule is COc1ccc([C@H]2C[C@H](O)[C@@H](n3cc(C4CC4)nn3)CN2Cc2cccs2)cc1. The van der Waals surface area contributed by atoms with E-state index in [1.54, 1.807) is 18.4 Å². The Hall–Kier alpha value is -2.22. The van der Waals surface area contributed by atoms with E-state index in [0.717, 1.165) is 24.5 Å². The lowest BCUT2D eigenvalue weighted by molar-refractivity contribution is -0.0105. The van der Waals surface area contributed by atoms with Crippen molar-refractivity contribution in [1.29, 1.82) is 0 Å². The number of piperidine rings is 1. The van der Waals surface area contributed by atoms with E-state index in [4.69, 9.17) is 4.74 Å². The average Bonchev–Trinajstić information content (AvgIpc) is 3.25. The molecule has 3 aromatic rings. The molecule has 29 heavy (non-hydrogen) atoms. The van der Waals surface area contributed by atoms with Crippen molar-refractivity contribution >= 4 is 11.3 Å². The second-order valence-electron chi connectivity index (χ2n) is 8.07. The lowest BCUT2D eigenvalue weighted by atomic mass is 9.90. The normalized spacial score (nSPS) is 25.2. The molecule has 2 aliphatic rings. The van der Waals surface area contributed by atoms with Gasteiger partial charge in [-0.15, -0.1) is 16.4 Å². The minimum absolute atomic E-state index is 0.0792. The first-order valence-electron chi connectivity index (χ1n) is 10.2. The second kappa shape index (κ2) is 7.89. The first kappa shape index (κ1) is 18.8. The van der Waals surface area contributed by atoms with Crippen molar-refractivity contribution in [3.05, 3.63) is 64.1 Å². The van der Waals surface area contributed by atoms with Crippen molar-refractivity contribution in [2.24, 2.45) is 0 Å². The van der Waals surface area contributed by atoms with E-state index in [0.29, 0.717) is 12.3 Å². The standard InChI is InChI=1S/C22H26N4O2S/c1-28-17-8-6-16(7-9-17)20-11-22(27)21(14-25(20)12-18-3-2-10-29-18)26-13-19(23-24-26)15-4-5-15/h2-3,6-10,13,15,20-22,27H,4-5,11-12,14H2,1H3/t20-,21+,22+/m1/s1. The van der Waals surface area contributed by atoms with Crippen LogP contribution in [0.2, 0.25) is 0 Å². The Morgan fingerprint density at radius 2 is 2.03 bits per heavy atom.